The highest BCUT2D eigenvalue weighted by molar-refractivity contribution is 6.66. The summed E-state index contributed by atoms with van der Waals surface area (Å²) in [6, 6.07) is 0. The second kappa shape index (κ2) is 5.31. The minimum Gasteiger partial charge on any atom is -0.315 e. The van der Waals surface area contributed by atoms with Gasteiger partial charge in [0.05, 0.1) is 15.7 Å². The van der Waals surface area contributed by atoms with Crippen molar-refractivity contribution in [2.75, 3.05) is 0 Å². The van der Waals surface area contributed by atoms with Gasteiger partial charge in [0.1, 0.15) is 42.7 Å². The molecule has 21 heavy (non-hydrogen) atoms. The molecule has 9 heteroatoms. The summed E-state index contributed by atoms with van der Waals surface area (Å²) < 4.78 is 0. The van der Waals surface area contributed by atoms with Crippen molar-refractivity contribution in [3.63, 3.8) is 0 Å². The quantitative estimate of drug-likeness (QED) is 0.554. The van der Waals surface area contributed by atoms with Crippen LogP contribution >= 0.6 is 11.6 Å². The standard InChI is InChI=1S/C12H8B6ClNO/c13-5-4(9(19)8(16)7(15)6(5)14)11(20)2-1-3-12(17,18)10(11)21/h1-3,20H2. The van der Waals surface area contributed by atoms with Crippen LogP contribution < -0.4 is 27.6 Å². The van der Waals surface area contributed by atoms with Gasteiger partial charge in [0.2, 0.25) is 0 Å². The smallest absolute Gasteiger partial charge is 0.146 e. The molecule has 2 nitrogen and oxygen atoms in total. The summed E-state index contributed by atoms with van der Waals surface area (Å²) in [6.45, 7) is 0. The van der Waals surface area contributed by atoms with Crippen molar-refractivity contribution in [3.05, 3.63) is 10.6 Å². The normalized spacial score (nSPS) is 25.0. The van der Waals surface area contributed by atoms with Gasteiger partial charge in [-0.1, -0.05) is 35.4 Å². The maximum atomic E-state index is 12.6. The van der Waals surface area contributed by atoms with Gasteiger partial charge in [-0.05, 0) is 17.2 Å². The van der Waals surface area contributed by atoms with Crippen LogP contribution in [0.3, 0.4) is 0 Å². The molecule has 1 aromatic carbocycles. The summed E-state index contributed by atoms with van der Waals surface area (Å²) in [5, 5.41) is -1.54. The lowest BCUT2D eigenvalue weighted by Gasteiger charge is -2.43. The maximum Gasteiger partial charge on any atom is 0.146 e. The van der Waals surface area contributed by atoms with Gasteiger partial charge in [0, 0.05) is 5.02 Å². The third-order valence-electron chi connectivity index (χ3n) is 4.03. The summed E-state index contributed by atoms with van der Waals surface area (Å²) in [6.07, 6.45) is 1.14. The van der Waals surface area contributed by atoms with Crippen LogP contribution in [0.1, 0.15) is 24.8 Å². The predicted octanol–water partition coefficient (Wildman–Crippen LogP) is -3.12. The molecule has 1 unspecified atom stereocenters. The molecular weight excluding hydrogens is 274 g/mol. The molecular formula is C12H8B6ClNO. The van der Waals surface area contributed by atoms with Crippen LogP contribution in [0.5, 0.6) is 0 Å². The Kier molecular flexibility index (Phi) is 4.27. The monoisotopic (exact) mass is 283 g/mol. The van der Waals surface area contributed by atoms with Crippen molar-refractivity contribution in [2.45, 2.75) is 30.0 Å². The first kappa shape index (κ1) is 16.9. The molecule has 0 aromatic heterocycles. The lowest BCUT2D eigenvalue weighted by atomic mass is 9.43. The van der Waals surface area contributed by atoms with E-state index in [-0.39, 0.29) is 38.9 Å². The van der Waals surface area contributed by atoms with Crippen LogP contribution in [0, 0.1) is 0 Å². The fourth-order valence-corrected chi connectivity index (χ4v) is 3.14. The Hall–Kier alpha value is -0.470. The molecule has 0 amide bonds. The summed E-state index contributed by atoms with van der Waals surface area (Å²) in [5.41, 5.74) is 5.01. The zero-order chi connectivity index (χ0) is 16.2. The van der Waals surface area contributed by atoms with Gasteiger partial charge in [0.15, 0.2) is 0 Å². The Morgan fingerprint density at radius 2 is 1.48 bits per heavy atom. The van der Waals surface area contributed by atoms with E-state index in [1.54, 1.807) is 0 Å². The molecule has 0 aliphatic heterocycles. The highest BCUT2D eigenvalue weighted by Gasteiger charge is 2.47. The number of benzene rings is 1. The van der Waals surface area contributed by atoms with Crippen molar-refractivity contribution in [3.8, 4) is 0 Å². The molecule has 2 rings (SSSR count). The van der Waals surface area contributed by atoms with E-state index in [9.17, 15) is 4.79 Å². The Bertz CT molecular complexity index is 606. The molecule has 1 aliphatic carbocycles. The fraction of sp³-hybridized carbons (Fsp3) is 0.417. The number of hydrogen-bond donors (Lipinski definition) is 1. The lowest BCUT2D eigenvalue weighted by Crippen LogP contribution is -2.60. The van der Waals surface area contributed by atoms with Crippen molar-refractivity contribution in [1.29, 1.82) is 0 Å². The van der Waals surface area contributed by atoms with E-state index in [0.29, 0.717) is 12.8 Å². The SMILES string of the molecule is [B]c1c([B])c([B])c(C2(N)CCCC([B])([B])C2=O)c(Cl)c1[B]. The van der Waals surface area contributed by atoms with Crippen molar-refractivity contribution < 1.29 is 4.79 Å². The predicted molar refractivity (Wildman–Crippen MR) is 91.9 cm³/mol. The average Bonchev–Trinajstić information content (AvgIpc) is 2.40. The van der Waals surface area contributed by atoms with E-state index >= 15 is 0 Å². The molecule has 0 bridgehead atoms. The van der Waals surface area contributed by atoms with Gasteiger partial charge in [-0.3, -0.25) is 4.79 Å². The summed E-state index contributed by atoms with van der Waals surface area (Å²) in [4.78, 5) is 12.6. The molecule has 0 spiro atoms. The van der Waals surface area contributed by atoms with Gasteiger partial charge in [0.25, 0.3) is 0 Å². The Morgan fingerprint density at radius 3 is 2.05 bits per heavy atom. The van der Waals surface area contributed by atoms with Crippen molar-refractivity contribution >= 4 is 86.3 Å². The van der Waals surface area contributed by atoms with E-state index in [1.165, 1.54) is 0 Å². The summed E-state index contributed by atoms with van der Waals surface area (Å²) in [7, 11) is 34.9. The van der Waals surface area contributed by atoms with E-state index in [0.717, 1.165) is 0 Å². The minimum atomic E-state index is -1.55. The van der Waals surface area contributed by atoms with Gasteiger partial charge >= 0.3 is 0 Å². The van der Waals surface area contributed by atoms with Gasteiger partial charge in [-0.15, -0.1) is 10.9 Å². The van der Waals surface area contributed by atoms with Gasteiger partial charge < -0.3 is 5.73 Å². The second-order valence-corrected chi connectivity index (χ2v) is 5.92. The molecule has 1 aliphatic rings. The largest absolute Gasteiger partial charge is 0.315 e. The average molecular weight is 283 g/mol. The Morgan fingerprint density at radius 1 is 0.952 bits per heavy atom. The molecule has 1 atom stereocenters. The topological polar surface area (TPSA) is 43.1 Å². The number of carbonyl (C=O) groups is 1. The molecule has 1 aromatic rings. The maximum absolute atomic E-state index is 12.6. The number of rotatable bonds is 1. The fourth-order valence-electron chi connectivity index (χ4n) is 2.77. The number of carbonyl (C=O) groups excluding carboxylic acids is 1. The van der Waals surface area contributed by atoms with Gasteiger partial charge in [-0.2, -0.15) is 0 Å². The van der Waals surface area contributed by atoms with Crippen molar-refractivity contribution in [1.82, 2.24) is 0 Å². The zero-order valence-electron chi connectivity index (χ0n) is 11.4. The summed E-state index contributed by atoms with van der Waals surface area (Å²) >= 11 is 6.20. The zero-order valence-corrected chi connectivity index (χ0v) is 12.2. The van der Waals surface area contributed by atoms with Crippen LogP contribution in [-0.4, -0.2) is 52.9 Å². The van der Waals surface area contributed by atoms with E-state index in [4.69, 9.17) is 64.4 Å². The number of hydrogen-bond acceptors (Lipinski definition) is 2. The van der Waals surface area contributed by atoms with Crippen LogP contribution in [-0.2, 0) is 10.3 Å². The Balaban J connectivity index is 2.74. The highest BCUT2D eigenvalue weighted by Crippen LogP contribution is 2.43. The molecule has 0 heterocycles. The molecule has 0 saturated heterocycles. The third-order valence-corrected chi connectivity index (χ3v) is 4.42. The first-order valence-electron chi connectivity index (χ1n) is 6.37. The third kappa shape index (κ3) is 2.45. The van der Waals surface area contributed by atoms with Crippen LogP contribution in [0.2, 0.25) is 10.2 Å². The molecule has 1 saturated carbocycles. The lowest BCUT2D eigenvalue weighted by molar-refractivity contribution is -0.127. The van der Waals surface area contributed by atoms with Crippen LogP contribution in [0.4, 0.5) is 0 Å². The van der Waals surface area contributed by atoms with Crippen molar-refractivity contribution in [2.24, 2.45) is 5.73 Å². The highest BCUT2D eigenvalue weighted by atomic mass is 35.5. The summed E-state index contributed by atoms with van der Waals surface area (Å²) in [5.74, 6) is -0.557. The number of halogens is 1. The first-order valence-corrected chi connectivity index (χ1v) is 6.75. The number of Topliss-reactive ketones (excluding diaryl/α,β-unsaturated/α-hetero) is 1. The molecule has 1 fully saturated rings. The second-order valence-electron chi connectivity index (χ2n) is 5.54. The Labute approximate surface area is 137 Å². The van der Waals surface area contributed by atoms with E-state index < -0.39 is 16.5 Å². The van der Waals surface area contributed by atoms with Crippen LogP contribution in [0.25, 0.3) is 0 Å². The molecule has 12 radical (unpaired) electrons. The minimum absolute atomic E-state index is 0.00718. The first-order chi connectivity index (χ1) is 9.54. The molecule has 92 valence electrons. The van der Waals surface area contributed by atoms with Gasteiger partial charge in [-0.25, -0.2) is 0 Å². The van der Waals surface area contributed by atoms with E-state index in [2.05, 4.69) is 0 Å². The number of ketones is 1. The van der Waals surface area contributed by atoms with E-state index in [1.807, 2.05) is 0 Å². The molecule has 2 N–H and O–H groups in total. The van der Waals surface area contributed by atoms with Crippen LogP contribution in [0.15, 0.2) is 0 Å². The number of nitrogens with two attached hydrogens (primary N) is 1.